The smallest absolute Gasteiger partial charge is 0.408 e. The van der Waals surface area contributed by atoms with Crippen molar-refractivity contribution in [2.24, 2.45) is 10.8 Å². The Hall–Kier alpha value is -3.99. The first kappa shape index (κ1) is 32.0. The van der Waals surface area contributed by atoms with E-state index in [4.69, 9.17) is 27.4 Å². The van der Waals surface area contributed by atoms with Gasteiger partial charge in [0.05, 0.1) is 18.8 Å². The molecule has 2 aromatic carbocycles. The summed E-state index contributed by atoms with van der Waals surface area (Å²) in [5.74, 6) is -0.142. The number of ketones is 1. The van der Waals surface area contributed by atoms with Crippen molar-refractivity contribution < 1.29 is 23.9 Å². The summed E-state index contributed by atoms with van der Waals surface area (Å²) in [6.45, 7) is 10.8. The highest BCUT2D eigenvalue weighted by atomic mass is 32.1. The molecule has 5 N–H and O–H groups in total. The number of rotatable bonds is 7. The molecule has 10 nitrogen and oxygen atoms in total. The van der Waals surface area contributed by atoms with E-state index in [9.17, 15) is 14.4 Å². The molecule has 0 spiro atoms. The molecule has 0 aliphatic rings. The molecule has 0 aliphatic carbocycles. The number of carbonyl (C=O) groups is 3. The molecule has 2 rings (SSSR count). The second-order valence-corrected chi connectivity index (χ2v) is 10.3. The van der Waals surface area contributed by atoms with Crippen molar-refractivity contribution in [2.75, 3.05) is 13.1 Å². The molecule has 0 atom stereocenters. The van der Waals surface area contributed by atoms with Crippen molar-refractivity contribution in [3.63, 3.8) is 0 Å². The Bertz CT molecular complexity index is 1090. The number of hydrazone groups is 1. The number of hydrogen-bond acceptors (Lipinski definition) is 7. The maximum absolute atomic E-state index is 11.7. The Morgan fingerprint density at radius 3 is 1.61 bits per heavy atom. The lowest BCUT2D eigenvalue weighted by Crippen LogP contribution is -2.36. The highest BCUT2D eigenvalue weighted by molar-refractivity contribution is 7.80. The van der Waals surface area contributed by atoms with E-state index in [0.29, 0.717) is 11.3 Å². The Balaban J connectivity index is 0.000000389. The van der Waals surface area contributed by atoms with E-state index in [1.807, 2.05) is 36.4 Å². The Morgan fingerprint density at radius 2 is 1.18 bits per heavy atom. The predicted molar refractivity (Wildman–Crippen MR) is 152 cm³/mol. The van der Waals surface area contributed by atoms with Gasteiger partial charge < -0.3 is 25.8 Å². The minimum absolute atomic E-state index is 0.0562. The van der Waals surface area contributed by atoms with Crippen LogP contribution in [0.1, 0.15) is 57.5 Å². The molecule has 0 unspecified atom stereocenters. The number of thiocarbonyl (C=S) groups is 1. The standard InChI is InChI=1S/C14H20N4O2S.C13H17NO3/c1-14(2,3)20-13(19)16-9-11(17-18-12(15)21)10-7-5-4-6-8-10;1-13(2,3)17-12(16)14-9-11(15)10-7-5-4-6-8-10/h4-8H,9H2,1-3H3,(H,16,19)(H3,15,18,21);4-8H,9H2,1-3H3,(H,14,16). The largest absolute Gasteiger partial charge is 0.444 e. The molecule has 0 aromatic heterocycles. The van der Waals surface area contributed by atoms with E-state index < -0.39 is 23.4 Å². The van der Waals surface area contributed by atoms with Crippen molar-refractivity contribution in [1.29, 1.82) is 0 Å². The molecule has 0 heterocycles. The average molecular weight is 544 g/mol. The van der Waals surface area contributed by atoms with Crippen molar-refractivity contribution in [2.45, 2.75) is 52.7 Å². The van der Waals surface area contributed by atoms with E-state index >= 15 is 0 Å². The molecule has 0 fully saturated rings. The molecule has 0 aliphatic heterocycles. The SMILES string of the molecule is CC(C)(C)OC(=O)NCC(=NNC(N)=S)c1ccccc1.CC(C)(C)OC(=O)NCC(=O)c1ccccc1. The summed E-state index contributed by atoms with van der Waals surface area (Å²) in [7, 11) is 0. The Kier molecular flexibility index (Phi) is 12.9. The number of Topliss-reactive ketones (excluding diaryl/α,β-unsaturated/α-hetero) is 1. The Labute approximate surface area is 229 Å². The van der Waals surface area contributed by atoms with Gasteiger partial charge in [-0.2, -0.15) is 5.10 Å². The second kappa shape index (κ2) is 15.3. The molecule has 0 saturated heterocycles. The fraction of sp³-hybridized carbons (Fsp3) is 0.370. The van der Waals surface area contributed by atoms with Gasteiger partial charge in [-0.05, 0) is 59.3 Å². The summed E-state index contributed by atoms with van der Waals surface area (Å²) in [4.78, 5) is 34.6. The summed E-state index contributed by atoms with van der Waals surface area (Å²) in [6, 6.07) is 18.2. The number of alkyl carbamates (subject to hydrolysis) is 2. The van der Waals surface area contributed by atoms with Crippen LogP contribution in [0, 0.1) is 0 Å². The van der Waals surface area contributed by atoms with Crippen LogP contribution in [0.25, 0.3) is 0 Å². The normalized spacial score (nSPS) is 11.3. The van der Waals surface area contributed by atoms with Crippen LogP contribution < -0.4 is 21.8 Å². The Morgan fingerprint density at radius 1 is 0.763 bits per heavy atom. The first-order chi connectivity index (χ1) is 17.7. The molecule has 0 bridgehead atoms. The highest BCUT2D eigenvalue weighted by Crippen LogP contribution is 2.08. The van der Waals surface area contributed by atoms with Gasteiger partial charge in [0.15, 0.2) is 10.9 Å². The van der Waals surface area contributed by atoms with Gasteiger partial charge >= 0.3 is 12.2 Å². The molecular weight excluding hydrogens is 506 g/mol. The fourth-order valence-electron chi connectivity index (χ4n) is 2.62. The van der Waals surface area contributed by atoms with E-state index in [2.05, 4.69) is 21.2 Å². The number of nitrogens with zero attached hydrogens (tertiary/aromatic N) is 1. The second-order valence-electron chi connectivity index (χ2n) is 9.90. The lowest BCUT2D eigenvalue weighted by atomic mass is 10.1. The van der Waals surface area contributed by atoms with Crippen molar-refractivity contribution >= 4 is 41.0 Å². The number of nitrogens with two attached hydrogens (primary N) is 1. The number of amides is 2. The van der Waals surface area contributed by atoms with Gasteiger partial charge in [-0.25, -0.2) is 9.59 Å². The third-order valence-corrected chi connectivity index (χ3v) is 4.19. The van der Waals surface area contributed by atoms with E-state index in [1.165, 1.54) is 0 Å². The number of hydrogen-bond donors (Lipinski definition) is 4. The molecule has 38 heavy (non-hydrogen) atoms. The van der Waals surface area contributed by atoms with Gasteiger partial charge in [-0.3, -0.25) is 10.2 Å². The van der Waals surface area contributed by atoms with Crippen LogP contribution in [0.3, 0.4) is 0 Å². The van der Waals surface area contributed by atoms with Crippen LogP contribution >= 0.6 is 12.2 Å². The van der Waals surface area contributed by atoms with E-state index in [1.54, 1.807) is 65.8 Å². The maximum Gasteiger partial charge on any atom is 0.408 e. The molecule has 11 heteroatoms. The number of ether oxygens (including phenoxy) is 2. The summed E-state index contributed by atoms with van der Waals surface area (Å²) >= 11 is 4.72. The minimum Gasteiger partial charge on any atom is -0.444 e. The zero-order valence-electron chi connectivity index (χ0n) is 22.7. The quantitative estimate of drug-likeness (QED) is 0.177. The van der Waals surface area contributed by atoms with Crippen molar-refractivity contribution in [1.82, 2.24) is 16.1 Å². The lowest BCUT2D eigenvalue weighted by molar-refractivity contribution is 0.0516. The van der Waals surface area contributed by atoms with Crippen LogP contribution in [0.5, 0.6) is 0 Å². The zero-order chi connectivity index (χ0) is 28.8. The zero-order valence-corrected chi connectivity index (χ0v) is 23.5. The topological polar surface area (TPSA) is 144 Å². The molecule has 2 aromatic rings. The third-order valence-electron chi connectivity index (χ3n) is 4.10. The average Bonchev–Trinajstić information content (AvgIpc) is 2.82. The summed E-state index contributed by atoms with van der Waals surface area (Å²) in [6.07, 6.45) is -1.09. The van der Waals surface area contributed by atoms with Crippen LogP contribution in [0.4, 0.5) is 9.59 Å². The van der Waals surface area contributed by atoms with Crippen LogP contribution in [0.2, 0.25) is 0 Å². The van der Waals surface area contributed by atoms with Gasteiger partial charge in [-0.15, -0.1) is 0 Å². The summed E-state index contributed by atoms with van der Waals surface area (Å²) in [5, 5.41) is 9.22. The molecule has 2 amide bonds. The van der Waals surface area contributed by atoms with E-state index in [0.717, 1.165) is 5.56 Å². The van der Waals surface area contributed by atoms with Crippen LogP contribution in [0.15, 0.2) is 65.8 Å². The fourth-order valence-corrected chi connectivity index (χ4v) is 2.67. The predicted octanol–water partition coefficient (Wildman–Crippen LogP) is 4.14. The van der Waals surface area contributed by atoms with Gasteiger partial charge in [-0.1, -0.05) is 60.7 Å². The highest BCUT2D eigenvalue weighted by Gasteiger charge is 2.17. The van der Waals surface area contributed by atoms with Crippen molar-refractivity contribution in [3.8, 4) is 0 Å². The number of benzene rings is 2. The van der Waals surface area contributed by atoms with Crippen LogP contribution in [-0.2, 0) is 9.47 Å². The van der Waals surface area contributed by atoms with Gasteiger partial charge in [0, 0.05) is 5.56 Å². The third kappa shape index (κ3) is 15.2. The lowest BCUT2D eigenvalue weighted by Gasteiger charge is -2.20. The van der Waals surface area contributed by atoms with E-state index in [-0.39, 0.29) is 24.0 Å². The van der Waals surface area contributed by atoms with Crippen LogP contribution in [-0.4, -0.2) is 53.1 Å². The van der Waals surface area contributed by atoms with Gasteiger partial charge in [0.2, 0.25) is 0 Å². The molecule has 0 radical (unpaired) electrons. The minimum atomic E-state index is -0.582. The number of carbonyl (C=O) groups excluding carboxylic acids is 3. The first-order valence-corrected chi connectivity index (χ1v) is 12.3. The van der Waals surface area contributed by atoms with Crippen molar-refractivity contribution in [3.05, 3.63) is 71.8 Å². The monoisotopic (exact) mass is 543 g/mol. The first-order valence-electron chi connectivity index (χ1n) is 11.9. The maximum atomic E-state index is 11.7. The summed E-state index contributed by atoms with van der Waals surface area (Å²) in [5.41, 5.74) is 8.78. The number of nitrogens with one attached hydrogen (secondary N) is 3. The van der Waals surface area contributed by atoms with Gasteiger partial charge in [0.1, 0.15) is 11.2 Å². The summed E-state index contributed by atoms with van der Waals surface area (Å²) < 4.78 is 10.2. The molecule has 206 valence electrons. The van der Waals surface area contributed by atoms with Gasteiger partial charge in [0.25, 0.3) is 0 Å². The molecular formula is C27H37N5O5S. The molecule has 0 saturated carbocycles.